The van der Waals surface area contributed by atoms with Crippen LogP contribution in [0.4, 0.5) is 10.7 Å². The maximum Gasteiger partial charge on any atom is 0.260 e. The van der Waals surface area contributed by atoms with Gasteiger partial charge in [0.05, 0.1) is 10.7 Å². The average Bonchev–Trinajstić information content (AvgIpc) is 3.04. The minimum absolute atomic E-state index is 0.381. The third-order valence-electron chi connectivity index (χ3n) is 3.18. The van der Waals surface area contributed by atoms with E-state index in [1.807, 2.05) is 0 Å². The predicted octanol–water partition coefficient (Wildman–Crippen LogP) is 2.52. The molecule has 5 heteroatoms. The lowest BCUT2D eigenvalue weighted by Gasteiger charge is -2.13. The summed E-state index contributed by atoms with van der Waals surface area (Å²) in [7, 11) is 0. The summed E-state index contributed by atoms with van der Waals surface area (Å²) in [5.74, 6) is 0.0949. The maximum atomic E-state index is 11.3. The van der Waals surface area contributed by atoms with E-state index in [0.717, 1.165) is 29.8 Å². The van der Waals surface area contributed by atoms with Gasteiger partial charge in [0.25, 0.3) is 5.91 Å². The van der Waals surface area contributed by atoms with Crippen LogP contribution in [-0.2, 0) is 0 Å². The number of carbonyl (C=O) groups is 1. The molecule has 0 bridgehead atoms. The molecular formula is C12H19N3OS. The van der Waals surface area contributed by atoms with Gasteiger partial charge in [-0.1, -0.05) is 6.92 Å². The number of nitrogen functional groups attached to an aromatic ring is 1. The third-order valence-corrected chi connectivity index (χ3v) is 4.35. The molecule has 1 aromatic heterocycles. The van der Waals surface area contributed by atoms with Crippen molar-refractivity contribution in [1.82, 2.24) is 0 Å². The number of primary amides is 1. The Morgan fingerprint density at radius 1 is 1.59 bits per heavy atom. The highest BCUT2D eigenvalue weighted by molar-refractivity contribution is 7.18. The van der Waals surface area contributed by atoms with Crippen LogP contribution in [0, 0.1) is 0 Å². The summed E-state index contributed by atoms with van der Waals surface area (Å²) in [6.07, 6.45) is 3.36. The van der Waals surface area contributed by atoms with E-state index in [0.29, 0.717) is 22.5 Å². The van der Waals surface area contributed by atoms with E-state index in [4.69, 9.17) is 11.5 Å². The topological polar surface area (TPSA) is 81.1 Å². The van der Waals surface area contributed by atoms with Crippen molar-refractivity contribution in [2.45, 2.75) is 45.1 Å². The van der Waals surface area contributed by atoms with E-state index in [-0.39, 0.29) is 0 Å². The predicted molar refractivity (Wildman–Crippen MR) is 72.6 cm³/mol. The van der Waals surface area contributed by atoms with E-state index in [1.165, 1.54) is 11.3 Å². The summed E-state index contributed by atoms with van der Waals surface area (Å²) in [6.45, 7) is 4.25. The maximum absolute atomic E-state index is 11.3. The van der Waals surface area contributed by atoms with Crippen LogP contribution in [0.1, 0.15) is 54.3 Å². The summed E-state index contributed by atoms with van der Waals surface area (Å²) < 4.78 is 0. The van der Waals surface area contributed by atoms with Crippen LogP contribution in [0.15, 0.2) is 0 Å². The Morgan fingerprint density at radius 2 is 2.24 bits per heavy atom. The first-order chi connectivity index (χ1) is 8.04. The molecule has 0 spiro atoms. The number of nitrogens with two attached hydrogens (primary N) is 2. The molecular weight excluding hydrogens is 234 g/mol. The monoisotopic (exact) mass is 253 g/mol. The van der Waals surface area contributed by atoms with Crippen molar-refractivity contribution >= 4 is 27.9 Å². The molecule has 1 heterocycles. The summed E-state index contributed by atoms with van der Waals surface area (Å²) >= 11 is 1.40. The molecule has 17 heavy (non-hydrogen) atoms. The van der Waals surface area contributed by atoms with E-state index in [2.05, 4.69) is 19.2 Å². The minimum atomic E-state index is -0.424. The van der Waals surface area contributed by atoms with Gasteiger partial charge in [-0.2, -0.15) is 0 Å². The van der Waals surface area contributed by atoms with Crippen molar-refractivity contribution in [2.24, 2.45) is 5.73 Å². The Morgan fingerprint density at radius 3 is 2.71 bits per heavy atom. The molecule has 1 aliphatic carbocycles. The first-order valence-electron chi connectivity index (χ1n) is 6.03. The van der Waals surface area contributed by atoms with Crippen molar-refractivity contribution in [1.29, 1.82) is 0 Å². The summed E-state index contributed by atoms with van der Waals surface area (Å²) in [4.78, 5) is 11.8. The van der Waals surface area contributed by atoms with Crippen LogP contribution in [0.3, 0.4) is 0 Å². The van der Waals surface area contributed by atoms with Crippen LogP contribution in [-0.4, -0.2) is 11.9 Å². The van der Waals surface area contributed by atoms with Gasteiger partial charge < -0.3 is 16.8 Å². The molecule has 0 aromatic carbocycles. The molecule has 1 saturated carbocycles. The number of hydrogen-bond acceptors (Lipinski definition) is 4. The molecule has 1 aromatic rings. The van der Waals surface area contributed by atoms with Gasteiger partial charge in [-0.25, -0.2) is 0 Å². The van der Waals surface area contributed by atoms with E-state index >= 15 is 0 Å². The number of anilines is 2. The second kappa shape index (κ2) is 4.56. The molecule has 2 rings (SSSR count). The Kier molecular flexibility index (Phi) is 3.28. The molecule has 94 valence electrons. The van der Waals surface area contributed by atoms with Crippen LogP contribution < -0.4 is 16.8 Å². The quantitative estimate of drug-likeness (QED) is 0.754. The Bertz CT molecular complexity index is 437. The SMILES string of the molecule is CCC(C)Nc1sc(C(N)=O)c(N)c1C1CC1. The average molecular weight is 253 g/mol. The largest absolute Gasteiger partial charge is 0.397 e. The van der Waals surface area contributed by atoms with Crippen molar-refractivity contribution in [3.8, 4) is 0 Å². The van der Waals surface area contributed by atoms with Gasteiger partial charge in [-0.3, -0.25) is 4.79 Å². The van der Waals surface area contributed by atoms with Crippen LogP contribution in [0.2, 0.25) is 0 Å². The van der Waals surface area contributed by atoms with Crippen LogP contribution in [0.5, 0.6) is 0 Å². The first kappa shape index (κ1) is 12.2. The first-order valence-corrected chi connectivity index (χ1v) is 6.84. The van der Waals surface area contributed by atoms with Gasteiger partial charge in [0, 0.05) is 11.6 Å². The molecule has 1 atom stereocenters. The lowest BCUT2D eigenvalue weighted by Crippen LogP contribution is -2.13. The number of thiophene rings is 1. The molecule has 1 fully saturated rings. The molecule has 1 unspecified atom stereocenters. The zero-order chi connectivity index (χ0) is 12.6. The summed E-state index contributed by atoms with van der Waals surface area (Å²) in [5, 5.41) is 4.46. The molecule has 1 aliphatic rings. The highest BCUT2D eigenvalue weighted by Gasteiger charge is 2.32. The molecule has 5 N–H and O–H groups in total. The third kappa shape index (κ3) is 2.39. The van der Waals surface area contributed by atoms with Crippen LogP contribution >= 0.6 is 11.3 Å². The van der Waals surface area contributed by atoms with Gasteiger partial charge in [0.2, 0.25) is 0 Å². The van der Waals surface area contributed by atoms with Gasteiger partial charge >= 0.3 is 0 Å². The highest BCUT2D eigenvalue weighted by Crippen LogP contribution is 2.50. The second-order valence-corrected chi connectivity index (χ2v) is 5.70. The molecule has 0 aliphatic heterocycles. The lowest BCUT2D eigenvalue weighted by molar-refractivity contribution is 0.100. The van der Waals surface area contributed by atoms with E-state index in [9.17, 15) is 4.79 Å². The van der Waals surface area contributed by atoms with Crippen molar-refractivity contribution in [3.63, 3.8) is 0 Å². The molecule has 0 radical (unpaired) electrons. The molecule has 4 nitrogen and oxygen atoms in total. The Labute approximate surface area is 105 Å². The fourth-order valence-corrected chi connectivity index (χ4v) is 3.02. The number of nitrogens with one attached hydrogen (secondary N) is 1. The normalized spacial score (nSPS) is 16.8. The fourth-order valence-electron chi connectivity index (χ4n) is 1.85. The number of amides is 1. The highest BCUT2D eigenvalue weighted by atomic mass is 32.1. The zero-order valence-electron chi connectivity index (χ0n) is 10.2. The number of carbonyl (C=O) groups excluding carboxylic acids is 1. The molecule has 0 saturated heterocycles. The standard InChI is InChI=1S/C12H19N3OS/c1-3-6(2)15-12-8(7-4-5-7)9(13)10(17-12)11(14)16/h6-7,15H,3-5,13H2,1-2H3,(H2,14,16). The summed E-state index contributed by atoms with van der Waals surface area (Å²) in [5.41, 5.74) is 13.1. The van der Waals surface area contributed by atoms with Crippen LogP contribution in [0.25, 0.3) is 0 Å². The van der Waals surface area contributed by atoms with Crippen molar-refractivity contribution in [2.75, 3.05) is 11.1 Å². The lowest BCUT2D eigenvalue weighted by atomic mass is 10.1. The summed E-state index contributed by atoms with van der Waals surface area (Å²) in [6, 6.07) is 0.381. The Balaban J connectivity index is 2.35. The van der Waals surface area contributed by atoms with Crippen molar-refractivity contribution in [3.05, 3.63) is 10.4 Å². The van der Waals surface area contributed by atoms with E-state index < -0.39 is 5.91 Å². The van der Waals surface area contributed by atoms with Gasteiger partial charge in [0.1, 0.15) is 4.88 Å². The van der Waals surface area contributed by atoms with Gasteiger partial charge in [-0.05, 0) is 32.1 Å². The Hall–Kier alpha value is -1.23. The van der Waals surface area contributed by atoms with Gasteiger partial charge in [-0.15, -0.1) is 11.3 Å². The van der Waals surface area contributed by atoms with E-state index in [1.54, 1.807) is 0 Å². The number of hydrogen-bond donors (Lipinski definition) is 3. The smallest absolute Gasteiger partial charge is 0.260 e. The van der Waals surface area contributed by atoms with Crippen molar-refractivity contribution < 1.29 is 4.79 Å². The fraction of sp³-hybridized carbons (Fsp3) is 0.583. The van der Waals surface area contributed by atoms with Gasteiger partial charge in [0.15, 0.2) is 0 Å². The minimum Gasteiger partial charge on any atom is -0.397 e. The zero-order valence-corrected chi connectivity index (χ0v) is 11.1. The molecule has 1 amide bonds. The number of rotatable bonds is 5. The second-order valence-electron chi connectivity index (χ2n) is 4.68.